The second-order valence-corrected chi connectivity index (χ2v) is 13.7. The van der Waals surface area contributed by atoms with Gasteiger partial charge in [-0.2, -0.15) is 0 Å². The number of rotatable bonds is 18. The fraction of sp³-hybridized carbons (Fsp3) is 0.306. The van der Waals surface area contributed by atoms with Gasteiger partial charge in [0.05, 0.1) is 18.1 Å². The van der Waals surface area contributed by atoms with Crippen molar-refractivity contribution in [1.29, 1.82) is 0 Å². The molecule has 0 aromatic heterocycles. The van der Waals surface area contributed by atoms with E-state index < -0.39 is 69.6 Å². The van der Waals surface area contributed by atoms with Crippen LogP contribution in [-0.2, 0) is 27.7 Å². The minimum atomic E-state index is -4.05. The van der Waals surface area contributed by atoms with Crippen molar-refractivity contribution in [3.8, 4) is 5.75 Å². The number of carbonyl (C=O) groups excluding carboxylic acids is 1. The van der Waals surface area contributed by atoms with Gasteiger partial charge in [0, 0.05) is 42.4 Å². The van der Waals surface area contributed by atoms with E-state index in [1.807, 2.05) is 0 Å². The quantitative estimate of drug-likeness (QED) is 0.0486. The number of ether oxygens (including phenoxy) is 1. The molecule has 51 heavy (non-hydrogen) atoms. The van der Waals surface area contributed by atoms with Gasteiger partial charge in [0.15, 0.2) is 0 Å². The van der Waals surface area contributed by atoms with Crippen LogP contribution in [0.4, 0.5) is 17.6 Å². The van der Waals surface area contributed by atoms with Crippen molar-refractivity contribution < 1.29 is 40.6 Å². The van der Waals surface area contributed by atoms with Gasteiger partial charge in [0.25, 0.3) is 0 Å². The van der Waals surface area contributed by atoms with Crippen LogP contribution in [0.25, 0.3) is 10.4 Å². The van der Waals surface area contributed by atoms with E-state index in [9.17, 15) is 37.0 Å². The summed E-state index contributed by atoms with van der Waals surface area (Å²) in [5.74, 6) is -4.66. The highest BCUT2D eigenvalue weighted by Crippen LogP contribution is 2.33. The van der Waals surface area contributed by atoms with Crippen LogP contribution in [0.1, 0.15) is 41.5 Å². The Labute approximate surface area is 293 Å². The van der Waals surface area contributed by atoms with Crippen LogP contribution in [0.15, 0.2) is 94.9 Å². The van der Waals surface area contributed by atoms with Crippen molar-refractivity contribution in [2.75, 3.05) is 20.2 Å². The van der Waals surface area contributed by atoms with Crippen LogP contribution >= 0.6 is 0 Å². The highest BCUT2D eigenvalue weighted by atomic mass is 32.2. The summed E-state index contributed by atoms with van der Waals surface area (Å²) in [6, 6.07) is 14.8. The molecule has 0 aliphatic rings. The largest absolute Gasteiger partial charge is 0.497 e. The van der Waals surface area contributed by atoms with Crippen LogP contribution < -0.4 is 14.8 Å². The first-order valence-electron chi connectivity index (χ1n) is 15.9. The minimum Gasteiger partial charge on any atom is -0.497 e. The van der Waals surface area contributed by atoms with Crippen LogP contribution in [0.5, 0.6) is 5.75 Å². The molecule has 3 N–H and O–H groups in total. The maximum absolute atomic E-state index is 15.4. The number of sulfonamides is 1. The zero-order valence-electron chi connectivity index (χ0n) is 27.8. The van der Waals surface area contributed by atoms with Crippen molar-refractivity contribution in [3.05, 3.63) is 141 Å². The number of ketones is 1. The summed E-state index contributed by atoms with van der Waals surface area (Å²) in [7, 11) is -2.60. The molecular weight excluding hydrogens is 690 g/mol. The van der Waals surface area contributed by atoms with E-state index in [0.717, 1.165) is 24.3 Å². The number of methoxy groups -OCH3 is 1. The molecule has 4 aromatic carbocycles. The third kappa shape index (κ3) is 10.8. The van der Waals surface area contributed by atoms with Gasteiger partial charge in [0.2, 0.25) is 10.0 Å². The second-order valence-electron chi connectivity index (χ2n) is 11.9. The average Bonchev–Trinajstić information content (AvgIpc) is 3.07. The average molecular weight is 728 g/mol. The molecule has 0 radical (unpaired) electrons. The number of nitrogens with zero attached hydrogens (tertiary/aromatic N) is 3. The molecule has 4 rings (SSSR count). The fourth-order valence-corrected chi connectivity index (χ4v) is 7.00. The Morgan fingerprint density at radius 1 is 0.922 bits per heavy atom. The number of halogens is 4. The second kappa shape index (κ2) is 17.9. The van der Waals surface area contributed by atoms with Gasteiger partial charge in [-0.3, -0.25) is 4.79 Å². The zero-order valence-corrected chi connectivity index (χ0v) is 28.6. The number of aliphatic hydroxyl groups is 1. The standard InChI is InChI=1S/C36H37F4N5O5S/c1-22(46)20-42-21-29(44-51(48,49)31-13-11-30(50-2)12-14-31)10-15-32-24(4-3-5-33(32)40)18-34(47)36(43-45-41)35(23-6-8-26(37)9-7-23)25-16-27(38)19-28(39)17-25/h3-9,11-14,16-17,19,22,29,35-36,42,44,46H,10,15,18,20-21H2,1-2H3/t22-,29-,35-,36+/m0/s1. The zero-order chi connectivity index (χ0) is 37.1. The van der Waals surface area contributed by atoms with E-state index in [-0.39, 0.29) is 53.1 Å². The molecule has 0 amide bonds. The van der Waals surface area contributed by atoms with E-state index in [2.05, 4.69) is 20.1 Å². The van der Waals surface area contributed by atoms with Crippen LogP contribution in [0, 0.1) is 23.3 Å². The summed E-state index contributed by atoms with van der Waals surface area (Å²) in [5, 5.41) is 16.4. The number of carbonyl (C=O) groups is 1. The Bertz CT molecular complexity index is 1940. The Morgan fingerprint density at radius 3 is 2.20 bits per heavy atom. The molecule has 4 aromatic rings. The molecule has 0 aliphatic carbocycles. The maximum atomic E-state index is 15.4. The first-order valence-corrected chi connectivity index (χ1v) is 17.4. The van der Waals surface area contributed by atoms with E-state index >= 15 is 4.39 Å². The minimum absolute atomic E-state index is 0.0287. The number of hydrogen-bond donors (Lipinski definition) is 3. The molecule has 4 atom stereocenters. The number of Topliss-reactive ketones (excluding diaryl/α,β-unsaturated/α-hetero) is 1. The lowest BCUT2D eigenvalue weighted by atomic mass is 9.81. The molecule has 0 spiro atoms. The Hall–Kier alpha value is -4.79. The SMILES string of the molecule is COc1ccc(S(=O)(=O)N[C@@H](CCc2c(F)cccc2CC(=O)[C@@H](N=[N+]=[N-])[C@@H](c2ccc(F)cc2)c2cc(F)cc(F)c2)CNC[C@H](C)O)cc1. The van der Waals surface area contributed by atoms with Gasteiger partial charge in [-0.15, -0.1) is 0 Å². The normalized spacial score (nSPS) is 13.9. The van der Waals surface area contributed by atoms with Gasteiger partial charge in [-0.05, 0) is 102 Å². The number of azide groups is 1. The lowest BCUT2D eigenvalue weighted by molar-refractivity contribution is -0.119. The molecule has 0 heterocycles. The Kier molecular flexibility index (Phi) is 13.7. The monoisotopic (exact) mass is 727 g/mol. The summed E-state index contributed by atoms with van der Waals surface area (Å²) >= 11 is 0. The highest BCUT2D eigenvalue weighted by molar-refractivity contribution is 7.89. The Morgan fingerprint density at radius 2 is 1.59 bits per heavy atom. The fourth-order valence-electron chi connectivity index (χ4n) is 5.73. The van der Waals surface area contributed by atoms with Crippen LogP contribution in [0.2, 0.25) is 0 Å². The van der Waals surface area contributed by atoms with Crippen molar-refractivity contribution in [1.82, 2.24) is 10.0 Å². The molecule has 15 heteroatoms. The molecule has 0 unspecified atom stereocenters. The molecule has 0 saturated heterocycles. The third-order valence-electron chi connectivity index (χ3n) is 8.14. The van der Waals surface area contributed by atoms with Crippen LogP contribution in [0.3, 0.4) is 0 Å². The first kappa shape index (κ1) is 39.0. The van der Waals surface area contributed by atoms with E-state index in [0.29, 0.717) is 11.8 Å². The first-order chi connectivity index (χ1) is 24.3. The molecular formula is C36H37F4N5O5S. The van der Waals surface area contributed by atoms with Crippen molar-refractivity contribution in [3.63, 3.8) is 0 Å². The number of benzene rings is 4. The van der Waals surface area contributed by atoms with Crippen molar-refractivity contribution >= 4 is 15.8 Å². The predicted octanol–water partition coefficient (Wildman–Crippen LogP) is 6.12. The summed E-state index contributed by atoms with van der Waals surface area (Å²) in [6.07, 6.45) is -1.16. The van der Waals surface area contributed by atoms with E-state index in [4.69, 9.17) is 4.74 Å². The molecule has 10 nitrogen and oxygen atoms in total. The molecule has 0 fully saturated rings. The number of nitrogens with one attached hydrogen (secondary N) is 2. The summed E-state index contributed by atoms with van der Waals surface area (Å²) in [6.45, 7) is 1.79. The molecule has 0 saturated carbocycles. The lowest BCUT2D eigenvalue weighted by Gasteiger charge is -2.25. The molecule has 270 valence electrons. The van der Waals surface area contributed by atoms with E-state index in [1.165, 1.54) is 61.7 Å². The van der Waals surface area contributed by atoms with Gasteiger partial charge in [0.1, 0.15) is 40.8 Å². The summed E-state index contributed by atoms with van der Waals surface area (Å²) in [4.78, 5) is 16.7. The molecule has 0 bridgehead atoms. The highest BCUT2D eigenvalue weighted by Gasteiger charge is 2.32. The Balaban J connectivity index is 1.63. The summed E-state index contributed by atoms with van der Waals surface area (Å²) < 4.78 is 92.3. The lowest BCUT2D eigenvalue weighted by Crippen LogP contribution is -2.43. The summed E-state index contributed by atoms with van der Waals surface area (Å²) in [5.41, 5.74) is 9.97. The van der Waals surface area contributed by atoms with Gasteiger partial charge in [-0.25, -0.2) is 30.7 Å². The van der Waals surface area contributed by atoms with E-state index in [1.54, 1.807) is 6.92 Å². The number of hydrogen-bond acceptors (Lipinski definition) is 7. The smallest absolute Gasteiger partial charge is 0.240 e. The number of aliphatic hydroxyl groups excluding tert-OH is 1. The van der Waals surface area contributed by atoms with Crippen molar-refractivity contribution in [2.24, 2.45) is 5.11 Å². The third-order valence-corrected chi connectivity index (χ3v) is 9.68. The van der Waals surface area contributed by atoms with Crippen molar-refractivity contribution in [2.45, 2.75) is 55.2 Å². The van der Waals surface area contributed by atoms with Gasteiger partial charge < -0.3 is 15.2 Å². The van der Waals surface area contributed by atoms with Crippen LogP contribution in [-0.4, -0.2) is 57.7 Å². The van der Waals surface area contributed by atoms with Gasteiger partial charge >= 0.3 is 0 Å². The topological polar surface area (TPSA) is 153 Å². The molecule has 0 aliphatic heterocycles. The predicted molar refractivity (Wildman–Crippen MR) is 183 cm³/mol. The maximum Gasteiger partial charge on any atom is 0.240 e. The van der Waals surface area contributed by atoms with Gasteiger partial charge in [-0.1, -0.05) is 29.4 Å².